The maximum Gasteiger partial charge on any atom is 0.309 e. The van der Waals surface area contributed by atoms with Gasteiger partial charge in [0.2, 0.25) is 11.8 Å². The van der Waals surface area contributed by atoms with Gasteiger partial charge in [0.1, 0.15) is 5.92 Å². The maximum absolute atomic E-state index is 12.6. The number of unbranched alkanes of at least 4 members (excludes halogenated alkanes) is 3. The first-order valence-electron chi connectivity index (χ1n) is 10.4. The first-order valence-corrected chi connectivity index (χ1v) is 10.4. The second kappa shape index (κ2) is 12.6. The fourth-order valence-corrected chi connectivity index (χ4v) is 2.93. The third kappa shape index (κ3) is 10.5. The van der Waals surface area contributed by atoms with E-state index in [0.29, 0.717) is 25.8 Å². The molecule has 2 amide bonds. The Balaban J connectivity index is 4.52. The Morgan fingerprint density at radius 3 is 2.14 bits per heavy atom. The number of carboxylic acids is 1. The standard InChI is InChI=1S/C22H40N2O4/c1-7-9-10-15-22(5,6)24-19(26)17(13-8-2)18(25)23-16-12-11-14-21(3,4)20(27)28/h8,17H,2,7,9-16H2,1,3-6H3,(H,23,25)(H,24,26)(H,27,28). The van der Waals surface area contributed by atoms with E-state index < -0.39 is 17.3 Å². The molecule has 6 nitrogen and oxygen atoms in total. The minimum atomic E-state index is -0.819. The summed E-state index contributed by atoms with van der Waals surface area (Å²) in [6, 6.07) is 0. The van der Waals surface area contributed by atoms with Gasteiger partial charge in [-0.05, 0) is 53.4 Å². The lowest BCUT2D eigenvalue weighted by Gasteiger charge is -2.28. The van der Waals surface area contributed by atoms with Crippen LogP contribution >= 0.6 is 0 Å². The molecule has 0 bridgehead atoms. The zero-order chi connectivity index (χ0) is 21.8. The highest BCUT2D eigenvalue weighted by Gasteiger charge is 2.30. The number of allylic oxidation sites excluding steroid dienone is 1. The summed E-state index contributed by atoms with van der Waals surface area (Å²) in [7, 11) is 0. The van der Waals surface area contributed by atoms with E-state index in [9.17, 15) is 14.4 Å². The average molecular weight is 397 g/mol. The number of hydrogen-bond donors (Lipinski definition) is 3. The second-order valence-corrected chi connectivity index (χ2v) is 8.84. The Kier molecular flexibility index (Phi) is 11.7. The summed E-state index contributed by atoms with van der Waals surface area (Å²) in [4.78, 5) is 36.2. The molecule has 0 saturated carbocycles. The van der Waals surface area contributed by atoms with Crippen LogP contribution < -0.4 is 10.6 Å². The number of rotatable bonds is 15. The summed E-state index contributed by atoms with van der Waals surface area (Å²) in [6.45, 7) is 13.6. The van der Waals surface area contributed by atoms with E-state index in [1.807, 2.05) is 13.8 Å². The van der Waals surface area contributed by atoms with Crippen molar-refractivity contribution in [1.29, 1.82) is 0 Å². The monoisotopic (exact) mass is 396 g/mol. The van der Waals surface area contributed by atoms with Crippen LogP contribution in [-0.4, -0.2) is 35.0 Å². The molecule has 0 spiro atoms. The van der Waals surface area contributed by atoms with Gasteiger partial charge in [-0.3, -0.25) is 14.4 Å². The van der Waals surface area contributed by atoms with Gasteiger partial charge >= 0.3 is 5.97 Å². The predicted molar refractivity (Wildman–Crippen MR) is 113 cm³/mol. The van der Waals surface area contributed by atoms with Gasteiger partial charge in [0.25, 0.3) is 0 Å². The zero-order valence-electron chi connectivity index (χ0n) is 18.4. The molecule has 0 aromatic rings. The van der Waals surface area contributed by atoms with Crippen molar-refractivity contribution in [2.24, 2.45) is 11.3 Å². The van der Waals surface area contributed by atoms with Crippen LogP contribution in [0.4, 0.5) is 0 Å². The molecule has 0 radical (unpaired) electrons. The van der Waals surface area contributed by atoms with Crippen LogP contribution in [0.3, 0.4) is 0 Å². The van der Waals surface area contributed by atoms with E-state index in [1.165, 1.54) is 0 Å². The predicted octanol–water partition coefficient (Wildman–Crippen LogP) is 4.05. The molecule has 0 rings (SSSR count). The third-order valence-electron chi connectivity index (χ3n) is 5.01. The number of aliphatic carboxylic acids is 1. The first kappa shape index (κ1) is 26.1. The lowest BCUT2D eigenvalue weighted by atomic mass is 9.87. The minimum Gasteiger partial charge on any atom is -0.481 e. The molecule has 0 aromatic heterocycles. The molecule has 0 aliphatic heterocycles. The van der Waals surface area contributed by atoms with Crippen molar-refractivity contribution in [1.82, 2.24) is 10.6 Å². The Morgan fingerprint density at radius 1 is 1.00 bits per heavy atom. The molecular formula is C22H40N2O4. The Morgan fingerprint density at radius 2 is 1.61 bits per heavy atom. The Hall–Kier alpha value is -1.85. The third-order valence-corrected chi connectivity index (χ3v) is 5.01. The molecule has 3 N–H and O–H groups in total. The summed E-state index contributed by atoms with van der Waals surface area (Å²) >= 11 is 0. The topological polar surface area (TPSA) is 95.5 Å². The van der Waals surface area contributed by atoms with Gasteiger partial charge in [-0.2, -0.15) is 0 Å². The normalized spacial score (nSPS) is 12.9. The molecule has 1 unspecified atom stereocenters. The lowest BCUT2D eigenvalue weighted by Crippen LogP contribution is -2.49. The van der Waals surface area contributed by atoms with Crippen LogP contribution in [0.1, 0.15) is 86.0 Å². The van der Waals surface area contributed by atoms with Crippen molar-refractivity contribution in [3.63, 3.8) is 0 Å². The molecule has 1 atom stereocenters. The molecule has 162 valence electrons. The van der Waals surface area contributed by atoms with Gasteiger partial charge in [0.15, 0.2) is 0 Å². The van der Waals surface area contributed by atoms with Gasteiger partial charge in [0.05, 0.1) is 5.41 Å². The summed E-state index contributed by atoms with van der Waals surface area (Å²) in [6.07, 6.45) is 7.93. The molecular weight excluding hydrogens is 356 g/mol. The number of hydrogen-bond acceptors (Lipinski definition) is 3. The quantitative estimate of drug-likeness (QED) is 0.221. The van der Waals surface area contributed by atoms with Gasteiger partial charge in [-0.25, -0.2) is 0 Å². The minimum absolute atomic E-state index is 0.272. The summed E-state index contributed by atoms with van der Waals surface area (Å²) in [5.74, 6) is -2.19. The number of carbonyl (C=O) groups excluding carboxylic acids is 2. The van der Waals surface area contributed by atoms with Crippen molar-refractivity contribution in [2.75, 3.05) is 6.54 Å². The molecule has 6 heteroatoms. The van der Waals surface area contributed by atoms with Crippen LogP contribution in [-0.2, 0) is 14.4 Å². The van der Waals surface area contributed by atoms with Gasteiger partial charge in [0, 0.05) is 12.1 Å². The molecule has 0 aromatic carbocycles. The largest absolute Gasteiger partial charge is 0.481 e. The first-order chi connectivity index (χ1) is 13.0. The van der Waals surface area contributed by atoms with E-state index in [-0.39, 0.29) is 23.8 Å². The number of nitrogens with one attached hydrogen (secondary N) is 2. The smallest absolute Gasteiger partial charge is 0.309 e. The fourth-order valence-electron chi connectivity index (χ4n) is 2.93. The van der Waals surface area contributed by atoms with Gasteiger partial charge in [-0.1, -0.05) is 38.7 Å². The number of carboxylic acid groups (broad SMARTS) is 1. The maximum atomic E-state index is 12.6. The summed E-state index contributed by atoms with van der Waals surface area (Å²) < 4.78 is 0. The lowest BCUT2D eigenvalue weighted by molar-refractivity contribution is -0.147. The highest BCUT2D eigenvalue weighted by Crippen LogP contribution is 2.23. The second-order valence-electron chi connectivity index (χ2n) is 8.84. The molecule has 0 fully saturated rings. The Bertz CT molecular complexity index is 527. The van der Waals surface area contributed by atoms with Crippen LogP contribution in [0.25, 0.3) is 0 Å². The van der Waals surface area contributed by atoms with Crippen LogP contribution in [0.2, 0.25) is 0 Å². The van der Waals surface area contributed by atoms with Gasteiger partial charge in [-0.15, -0.1) is 6.58 Å². The number of carbonyl (C=O) groups is 3. The van der Waals surface area contributed by atoms with Crippen molar-refractivity contribution < 1.29 is 19.5 Å². The summed E-state index contributed by atoms with van der Waals surface area (Å²) in [5.41, 5.74) is -1.12. The number of amides is 2. The average Bonchev–Trinajstić information content (AvgIpc) is 2.58. The van der Waals surface area contributed by atoms with Crippen molar-refractivity contribution in [3.8, 4) is 0 Å². The summed E-state index contributed by atoms with van der Waals surface area (Å²) in [5, 5.41) is 14.9. The van der Waals surface area contributed by atoms with E-state index in [0.717, 1.165) is 25.7 Å². The highest BCUT2D eigenvalue weighted by molar-refractivity contribution is 6.00. The van der Waals surface area contributed by atoms with Crippen molar-refractivity contribution in [3.05, 3.63) is 12.7 Å². The van der Waals surface area contributed by atoms with Crippen molar-refractivity contribution in [2.45, 2.75) is 91.5 Å². The van der Waals surface area contributed by atoms with Crippen molar-refractivity contribution >= 4 is 17.8 Å². The molecule has 0 heterocycles. The van der Waals surface area contributed by atoms with Crippen LogP contribution in [0, 0.1) is 11.3 Å². The SMILES string of the molecule is C=CCC(C(=O)NCCCCC(C)(C)C(=O)O)C(=O)NC(C)(C)CCCCC. The molecule has 0 saturated heterocycles. The van der Waals surface area contributed by atoms with E-state index >= 15 is 0 Å². The molecule has 0 aliphatic rings. The molecule has 0 aliphatic carbocycles. The highest BCUT2D eigenvalue weighted by atomic mass is 16.4. The molecule has 28 heavy (non-hydrogen) atoms. The van der Waals surface area contributed by atoms with E-state index in [2.05, 4.69) is 24.1 Å². The zero-order valence-corrected chi connectivity index (χ0v) is 18.4. The van der Waals surface area contributed by atoms with E-state index in [1.54, 1.807) is 19.9 Å². The fraction of sp³-hybridized carbons (Fsp3) is 0.773. The van der Waals surface area contributed by atoms with Crippen LogP contribution in [0.15, 0.2) is 12.7 Å². The van der Waals surface area contributed by atoms with E-state index in [4.69, 9.17) is 5.11 Å². The van der Waals surface area contributed by atoms with Crippen LogP contribution in [0.5, 0.6) is 0 Å². The van der Waals surface area contributed by atoms with Gasteiger partial charge < -0.3 is 15.7 Å². The Labute approximate surface area is 170 Å².